The van der Waals surface area contributed by atoms with Crippen molar-refractivity contribution in [1.29, 1.82) is 5.26 Å². The van der Waals surface area contributed by atoms with Crippen LogP contribution >= 0.6 is 0 Å². The molecule has 0 heterocycles. The van der Waals surface area contributed by atoms with Gasteiger partial charge in [-0.1, -0.05) is 0 Å². The summed E-state index contributed by atoms with van der Waals surface area (Å²) in [5.74, 6) is 0. The summed E-state index contributed by atoms with van der Waals surface area (Å²) in [4.78, 5) is 23.4. The SMILES string of the molecule is CC(C)(C)OC(=O)N(C(=O)O)c1ccc(C#N)cc1. The van der Waals surface area contributed by atoms with Gasteiger partial charge in [0, 0.05) is 0 Å². The van der Waals surface area contributed by atoms with Gasteiger partial charge in [-0.2, -0.15) is 10.2 Å². The molecule has 0 saturated carbocycles. The third kappa shape index (κ3) is 4.00. The van der Waals surface area contributed by atoms with Crippen LogP contribution in [0, 0.1) is 11.3 Å². The van der Waals surface area contributed by atoms with Crippen LogP contribution in [0.5, 0.6) is 0 Å². The Bertz CT molecular complexity index is 523. The zero-order chi connectivity index (χ0) is 14.6. The van der Waals surface area contributed by atoms with Gasteiger partial charge >= 0.3 is 12.2 Å². The van der Waals surface area contributed by atoms with Crippen LogP contribution in [0.2, 0.25) is 0 Å². The lowest BCUT2D eigenvalue weighted by atomic mass is 10.2. The molecular formula is C13H14N2O4. The first-order valence-electron chi connectivity index (χ1n) is 5.51. The lowest BCUT2D eigenvalue weighted by molar-refractivity contribution is 0.0582. The molecule has 0 spiro atoms. The Kier molecular flexibility index (Phi) is 4.12. The second-order valence-electron chi connectivity index (χ2n) is 4.76. The Labute approximate surface area is 110 Å². The van der Waals surface area contributed by atoms with E-state index in [-0.39, 0.29) is 5.69 Å². The van der Waals surface area contributed by atoms with Crippen molar-refractivity contribution in [2.45, 2.75) is 26.4 Å². The largest absolute Gasteiger partial charge is 0.464 e. The maximum atomic E-state index is 11.8. The highest BCUT2D eigenvalue weighted by Gasteiger charge is 2.28. The predicted molar refractivity (Wildman–Crippen MR) is 67.9 cm³/mol. The fourth-order valence-electron chi connectivity index (χ4n) is 1.29. The van der Waals surface area contributed by atoms with Crippen LogP contribution in [0.25, 0.3) is 0 Å². The van der Waals surface area contributed by atoms with Crippen molar-refractivity contribution in [2.24, 2.45) is 0 Å². The zero-order valence-electron chi connectivity index (χ0n) is 10.9. The van der Waals surface area contributed by atoms with E-state index in [2.05, 4.69) is 0 Å². The van der Waals surface area contributed by atoms with Gasteiger partial charge in [0.25, 0.3) is 0 Å². The second kappa shape index (κ2) is 5.40. The summed E-state index contributed by atoms with van der Waals surface area (Å²) < 4.78 is 5.01. The van der Waals surface area contributed by atoms with E-state index < -0.39 is 17.8 Å². The van der Waals surface area contributed by atoms with Crippen molar-refractivity contribution in [2.75, 3.05) is 4.90 Å². The van der Waals surface area contributed by atoms with Crippen LogP contribution in [-0.4, -0.2) is 22.9 Å². The molecule has 2 amide bonds. The van der Waals surface area contributed by atoms with Crippen LogP contribution in [0.15, 0.2) is 24.3 Å². The summed E-state index contributed by atoms with van der Waals surface area (Å²) in [6.45, 7) is 4.93. The van der Waals surface area contributed by atoms with Crippen LogP contribution in [0.4, 0.5) is 15.3 Å². The lowest BCUT2D eigenvalue weighted by Crippen LogP contribution is -2.40. The summed E-state index contributed by atoms with van der Waals surface area (Å²) in [6, 6.07) is 7.50. The van der Waals surface area contributed by atoms with E-state index in [0.29, 0.717) is 10.5 Å². The van der Waals surface area contributed by atoms with Crippen molar-refractivity contribution in [3.05, 3.63) is 29.8 Å². The average Bonchev–Trinajstić information content (AvgIpc) is 2.27. The Hall–Kier alpha value is -2.55. The first-order valence-corrected chi connectivity index (χ1v) is 5.51. The van der Waals surface area contributed by atoms with E-state index in [9.17, 15) is 9.59 Å². The molecule has 100 valence electrons. The number of benzene rings is 1. The molecule has 6 nitrogen and oxygen atoms in total. The number of nitrogens with zero attached hydrogens (tertiary/aromatic N) is 2. The van der Waals surface area contributed by atoms with Gasteiger partial charge in [0.1, 0.15) is 5.60 Å². The van der Waals surface area contributed by atoms with Gasteiger partial charge in [-0.25, -0.2) is 9.59 Å². The van der Waals surface area contributed by atoms with Crippen molar-refractivity contribution < 1.29 is 19.4 Å². The molecule has 0 saturated heterocycles. The molecule has 0 unspecified atom stereocenters. The minimum atomic E-state index is -1.45. The smallest absolute Gasteiger partial charge is 0.424 e. The molecule has 0 aliphatic carbocycles. The normalized spacial score (nSPS) is 10.4. The minimum Gasteiger partial charge on any atom is -0.464 e. The van der Waals surface area contributed by atoms with Crippen molar-refractivity contribution in [3.63, 3.8) is 0 Å². The molecule has 0 bridgehead atoms. The van der Waals surface area contributed by atoms with Gasteiger partial charge < -0.3 is 9.84 Å². The number of rotatable bonds is 1. The predicted octanol–water partition coefficient (Wildman–Crippen LogP) is 2.98. The highest BCUT2D eigenvalue weighted by Crippen LogP contribution is 2.19. The summed E-state index contributed by atoms with van der Waals surface area (Å²) in [6.07, 6.45) is -2.43. The topological polar surface area (TPSA) is 90.6 Å². The maximum absolute atomic E-state index is 11.8. The Morgan fingerprint density at radius 3 is 2.16 bits per heavy atom. The number of carbonyl (C=O) groups excluding carboxylic acids is 1. The van der Waals surface area contributed by atoms with E-state index in [1.165, 1.54) is 24.3 Å². The Morgan fingerprint density at radius 1 is 1.26 bits per heavy atom. The molecule has 1 rings (SSSR count). The number of carboxylic acid groups (broad SMARTS) is 1. The second-order valence-corrected chi connectivity index (χ2v) is 4.76. The van der Waals surface area contributed by atoms with Gasteiger partial charge in [0.2, 0.25) is 0 Å². The number of carbonyl (C=O) groups is 2. The fraction of sp³-hybridized carbons (Fsp3) is 0.308. The van der Waals surface area contributed by atoms with Gasteiger partial charge in [-0.15, -0.1) is 0 Å². The highest BCUT2D eigenvalue weighted by atomic mass is 16.6. The van der Waals surface area contributed by atoms with Crippen molar-refractivity contribution >= 4 is 17.9 Å². The molecule has 1 N–H and O–H groups in total. The number of anilines is 1. The number of amides is 2. The summed E-state index contributed by atoms with van der Waals surface area (Å²) >= 11 is 0. The number of imide groups is 1. The minimum absolute atomic E-state index is 0.126. The molecule has 6 heteroatoms. The summed E-state index contributed by atoms with van der Waals surface area (Å²) in [7, 11) is 0. The molecule has 0 aliphatic rings. The Balaban J connectivity index is 3.04. The molecule has 19 heavy (non-hydrogen) atoms. The molecule has 0 fully saturated rings. The lowest BCUT2D eigenvalue weighted by Gasteiger charge is -2.24. The highest BCUT2D eigenvalue weighted by molar-refractivity contribution is 6.08. The van der Waals surface area contributed by atoms with Crippen LogP contribution in [-0.2, 0) is 4.74 Å². The van der Waals surface area contributed by atoms with Crippen LogP contribution < -0.4 is 4.90 Å². The first-order chi connectivity index (χ1) is 8.74. The standard InChI is InChI=1S/C13H14N2O4/c1-13(2,3)19-12(18)15(11(16)17)10-6-4-9(8-14)5-7-10/h4-7H,1-3H3,(H,16,17). The van der Waals surface area contributed by atoms with Gasteiger partial charge in [-0.05, 0) is 45.0 Å². The van der Waals surface area contributed by atoms with Crippen molar-refractivity contribution in [1.82, 2.24) is 0 Å². The van der Waals surface area contributed by atoms with Gasteiger partial charge in [0.15, 0.2) is 0 Å². The summed E-state index contributed by atoms with van der Waals surface area (Å²) in [5, 5.41) is 17.7. The molecule has 1 aromatic rings. The number of hydrogen-bond donors (Lipinski definition) is 1. The first kappa shape index (κ1) is 14.5. The maximum Gasteiger partial charge on any atom is 0.424 e. The van der Waals surface area contributed by atoms with E-state index >= 15 is 0 Å². The summed E-state index contributed by atoms with van der Waals surface area (Å²) in [5.41, 5.74) is -0.295. The van der Waals surface area contributed by atoms with Crippen LogP contribution in [0.1, 0.15) is 26.3 Å². The molecule has 0 aliphatic heterocycles. The van der Waals surface area contributed by atoms with Gasteiger partial charge in [0.05, 0.1) is 17.3 Å². The number of ether oxygens (including phenoxy) is 1. The van der Waals surface area contributed by atoms with E-state index in [4.69, 9.17) is 15.1 Å². The zero-order valence-corrected chi connectivity index (χ0v) is 10.9. The number of nitriles is 1. The van der Waals surface area contributed by atoms with E-state index in [1.54, 1.807) is 20.8 Å². The molecule has 0 atom stereocenters. The average molecular weight is 262 g/mol. The Morgan fingerprint density at radius 2 is 1.79 bits per heavy atom. The molecular weight excluding hydrogens is 248 g/mol. The number of hydrogen-bond acceptors (Lipinski definition) is 4. The van der Waals surface area contributed by atoms with Gasteiger partial charge in [-0.3, -0.25) is 0 Å². The molecule has 1 aromatic carbocycles. The third-order valence-corrected chi connectivity index (χ3v) is 2.02. The van der Waals surface area contributed by atoms with Crippen LogP contribution in [0.3, 0.4) is 0 Å². The van der Waals surface area contributed by atoms with Crippen molar-refractivity contribution in [3.8, 4) is 6.07 Å². The van der Waals surface area contributed by atoms with E-state index in [0.717, 1.165) is 0 Å². The quantitative estimate of drug-likeness (QED) is 0.840. The monoisotopic (exact) mass is 262 g/mol. The van der Waals surface area contributed by atoms with E-state index in [1.807, 2.05) is 6.07 Å². The molecule has 0 aromatic heterocycles. The fourth-order valence-corrected chi connectivity index (χ4v) is 1.29. The molecule has 0 radical (unpaired) electrons. The third-order valence-electron chi connectivity index (χ3n) is 2.02.